The van der Waals surface area contributed by atoms with Crippen molar-refractivity contribution in [3.05, 3.63) is 80.4 Å². The van der Waals surface area contributed by atoms with Gasteiger partial charge in [-0.25, -0.2) is 9.78 Å². The number of pyridine rings is 1. The summed E-state index contributed by atoms with van der Waals surface area (Å²) in [4.78, 5) is 32.1. The van der Waals surface area contributed by atoms with Gasteiger partial charge in [0.1, 0.15) is 17.9 Å². The van der Waals surface area contributed by atoms with Gasteiger partial charge in [0.25, 0.3) is 5.56 Å². The number of nitrogens with zero attached hydrogens (tertiary/aromatic N) is 2. The van der Waals surface area contributed by atoms with E-state index in [1.165, 1.54) is 10.5 Å². The predicted molar refractivity (Wildman–Crippen MR) is 101 cm³/mol. The molecule has 0 radical (unpaired) electrons. The van der Waals surface area contributed by atoms with E-state index in [9.17, 15) is 9.59 Å². The Morgan fingerprint density at radius 3 is 2.88 bits per heavy atom. The van der Waals surface area contributed by atoms with Crippen molar-refractivity contribution in [1.82, 2.24) is 14.4 Å². The zero-order chi connectivity index (χ0) is 18.3. The number of fused-ring (bicyclic) bond motifs is 2. The molecule has 0 unspecified atom stereocenters. The second kappa shape index (κ2) is 6.42. The zero-order valence-corrected chi connectivity index (χ0v) is 15.4. The Hall–Kier alpha value is -2.93. The average molecular weight is 412 g/mol. The van der Waals surface area contributed by atoms with Crippen molar-refractivity contribution in [2.24, 2.45) is 0 Å². The highest BCUT2D eigenvalue weighted by molar-refractivity contribution is 9.10. The number of para-hydroxylation sites is 1. The van der Waals surface area contributed by atoms with Gasteiger partial charge in [0.2, 0.25) is 0 Å². The molecule has 3 aromatic heterocycles. The summed E-state index contributed by atoms with van der Waals surface area (Å²) < 4.78 is 7.48. The highest BCUT2D eigenvalue weighted by Gasteiger charge is 2.17. The van der Waals surface area contributed by atoms with Crippen molar-refractivity contribution in [1.29, 1.82) is 0 Å². The molecule has 7 heteroatoms. The standard InChI is InChI=1S/C19H14BrN3O3/c1-11-5-4-8-23-15(24)9-12(21-18(11)23)10-26-19(25)17-16(20)13-6-2-3-7-14(13)22-17/h2-9,22H,10H2,1H3. The SMILES string of the molecule is Cc1cccn2c(=O)cc(COC(=O)c3[nH]c4ccccc4c3Br)nc12. The normalized spacial score (nSPS) is 11.2. The van der Waals surface area contributed by atoms with Crippen LogP contribution in [0.15, 0.2) is 57.9 Å². The number of rotatable bonds is 3. The van der Waals surface area contributed by atoms with Gasteiger partial charge >= 0.3 is 5.97 Å². The molecule has 0 amide bonds. The van der Waals surface area contributed by atoms with Crippen LogP contribution in [0.4, 0.5) is 0 Å². The smallest absolute Gasteiger partial charge is 0.356 e. The molecule has 4 aromatic rings. The number of benzene rings is 1. The summed E-state index contributed by atoms with van der Waals surface area (Å²) in [7, 11) is 0. The molecule has 0 aliphatic carbocycles. The number of esters is 1. The molecule has 130 valence electrons. The maximum atomic E-state index is 12.4. The summed E-state index contributed by atoms with van der Waals surface area (Å²) in [6, 6.07) is 12.6. The number of carbonyl (C=O) groups is 1. The molecule has 26 heavy (non-hydrogen) atoms. The number of hydrogen-bond donors (Lipinski definition) is 1. The van der Waals surface area contributed by atoms with Gasteiger partial charge in [0.15, 0.2) is 0 Å². The number of nitrogens with one attached hydrogen (secondary N) is 1. The van der Waals surface area contributed by atoms with Crippen LogP contribution in [0.25, 0.3) is 16.6 Å². The lowest BCUT2D eigenvalue weighted by Crippen LogP contribution is -2.17. The van der Waals surface area contributed by atoms with Crippen molar-refractivity contribution in [2.75, 3.05) is 0 Å². The molecule has 0 spiro atoms. The second-order valence-corrected chi connectivity index (χ2v) is 6.70. The molecule has 1 aromatic carbocycles. The number of H-pyrrole nitrogens is 1. The van der Waals surface area contributed by atoms with Crippen molar-refractivity contribution in [3.8, 4) is 0 Å². The van der Waals surface area contributed by atoms with Crippen LogP contribution < -0.4 is 5.56 Å². The lowest BCUT2D eigenvalue weighted by atomic mass is 10.2. The van der Waals surface area contributed by atoms with E-state index in [2.05, 4.69) is 25.9 Å². The summed E-state index contributed by atoms with van der Waals surface area (Å²) in [5.41, 5.74) is 2.79. The summed E-state index contributed by atoms with van der Waals surface area (Å²) in [6.45, 7) is 1.79. The molecule has 0 atom stereocenters. The van der Waals surface area contributed by atoms with E-state index in [-0.39, 0.29) is 12.2 Å². The second-order valence-electron chi connectivity index (χ2n) is 5.91. The molecule has 1 N–H and O–H groups in total. The Morgan fingerprint density at radius 2 is 2.08 bits per heavy atom. The van der Waals surface area contributed by atoms with E-state index in [1.807, 2.05) is 37.3 Å². The molecule has 0 saturated carbocycles. The molecule has 0 aliphatic heterocycles. The fraction of sp³-hybridized carbons (Fsp3) is 0.105. The van der Waals surface area contributed by atoms with E-state index in [0.717, 1.165) is 16.5 Å². The molecule has 0 aliphatic rings. The maximum Gasteiger partial charge on any atom is 0.356 e. The monoisotopic (exact) mass is 411 g/mol. The first-order valence-corrected chi connectivity index (χ1v) is 8.75. The van der Waals surface area contributed by atoms with Gasteiger partial charge < -0.3 is 9.72 Å². The Balaban J connectivity index is 1.61. The lowest BCUT2D eigenvalue weighted by molar-refractivity contribution is 0.0461. The number of aromatic nitrogens is 3. The van der Waals surface area contributed by atoms with Gasteiger partial charge in [-0.05, 0) is 40.5 Å². The first-order valence-electron chi connectivity index (χ1n) is 7.96. The highest BCUT2D eigenvalue weighted by atomic mass is 79.9. The minimum absolute atomic E-state index is 0.0826. The molecular formula is C19H14BrN3O3. The van der Waals surface area contributed by atoms with Gasteiger partial charge in [-0.1, -0.05) is 24.3 Å². The van der Waals surface area contributed by atoms with E-state index < -0.39 is 5.97 Å². The molecule has 0 bridgehead atoms. The summed E-state index contributed by atoms with van der Waals surface area (Å²) in [6.07, 6.45) is 1.66. The third-order valence-corrected chi connectivity index (χ3v) is 4.96. The van der Waals surface area contributed by atoms with Crippen LogP contribution in [0.1, 0.15) is 21.7 Å². The van der Waals surface area contributed by atoms with Crippen molar-refractivity contribution < 1.29 is 9.53 Å². The van der Waals surface area contributed by atoms with Crippen molar-refractivity contribution >= 4 is 38.4 Å². The van der Waals surface area contributed by atoms with Crippen molar-refractivity contribution in [3.63, 3.8) is 0 Å². The first-order chi connectivity index (χ1) is 12.5. The van der Waals surface area contributed by atoms with Gasteiger partial charge in [0.05, 0.1) is 10.2 Å². The fourth-order valence-electron chi connectivity index (χ4n) is 2.84. The van der Waals surface area contributed by atoms with Crippen LogP contribution >= 0.6 is 15.9 Å². The lowest BCUT2D eigenvalue weighted by Gasteiger charge is -2.07. The van der Waals surface area contributed by atoms with Crippen LogP contribution in [-0.2, 0) is 11.3 Å². The number of carbonyl (C=O) groups excluding carboxylic acids is 1. The van der Waals surface area contributed by atoms with Gasteiger partial charge in [-0.2, -0.15) is 0 Å². The summed E-state index contributed by atoms with van der Waals surface area (Å²) in [5, 5.41) is 0.900. The number of aromatic amines is 1. The first kappa shape index (κ1) is 16.5. The van der Waals surface area contributed by atoms with E-state index in [4.69, 9.17) is 4.74 Å². The predicted octanol–water partition coefficient (Wildman–Crippen LogP) is 3.60. The summed E-state index contributed by atoms with van der Waals surface area (Å²) in [5.74, 6) is -0.514. The fourth-order valence-corrected chi connectivity index (χ4v) is 3.45. The van der Waals surface area contributed by atoms with Crippen molar-refractivity contribution in [2.45, 2.75) is 13.5 Å². The number of aryl methyl sites for hydroxylation is 1. The van der Waals surface area contributed by atoms with Gasteiger partial charge in [0, 0.05) is 23.2 Å². The van der Waals surface area contributed by atoms with Gasteiger partial charge in [-0.15, -0.1) is 0 Å². The highest BCUT2D eigenvalue weighted by Crippen LogP contribution is 2.28. The Kier molecular flexibility index (Phi) is 4.08. The number of halogens is 1. The van der Waals surface area contributed by atoms with Crippen LogP contribution in [-0.4, -0.2) is 20.3 Å². The number of ether oxygens (including phenoxy) is 1. The summed E-state index contributed by atoms with van der Waals surface area (Å²) >= 11 is 3.43. The van der Waals surface area contributed by atoms with Gasteiger partial charge in [-0.3, -0.25) is 9.20 Å². The largest absolute Gasteiger partial charge is 0.454 e. The quantitative estimate of drug-likeness (QED) is 0.522. The van der Waals surface area contributed by atoms with E-state index in [1.54, 1.807) is 12.3 Å². The van der Waals surface area contributed by atoms with E-state index in [0.29, 0.717) is 21.5 Å². The topological polar surface area (TPSA) is 76.5 Å². The zero-order valence-electron chi connectivity index (χ0n) is 13.8. The Morgan fingerprint density at radius 1 is 1.27 bits per heavy atom. The van der Waals surface area contributed by atoms with Crippen LogP contribution in [0.3, 0.4) is 0 Å². The van der Waals surface area contributed by atoms with E-state index >= 15 is 0 Å². The molecule has 0 saturated heterocycles. The van der Waals surface area contributed by atoms with Crippen LogP contribution in [0.2, 0.25) is 0 Å². The number of hydrogen-bond acceptors (Lipinski definition) is 4. The Bertz CT molecular complexity index is 1210. The minimum atomic E-state index is -0.514. The molecule has 6 nitrogen and oxygen atoms in total. The third kappa shape index (κ3) is 2.80. The Labute approximate surface area is 156 Å². The molecule has 0 fully saturated rings. The average Bonchev–Trinajstić information content (AvgIpc) is 2.98. The molecule has 3 heterocycles. The minimum Gasteiger partial charge on any atom is -0.454 e. The van der Waals surface area contributed by atoms with Crippen LogP contribution in [0, 0.1) is 6.92 Å². The van der Waals surface area contributed by atoms with Crippen LogP contribution in [0.5, 0.6) is 0 Å². The third-order valence-electron chi connectivity index (χ3n) is 4.14. The molecular weight excluding hydrogens is 398 g/mol. The maximum absolute atomic E-state index is 12.4. The molecule has 4 rings (SSSR count).